The van der Waals surface area contributed by atoms with E-state index in [9.17, 15) is 9.59 Å². The first-order valence-corrected chi connectivity index (χ1v) is 13.6. The van der Waals surface area contributed by atoms with Gasteiger partial charge in [0, 0.05) is 11.1 Å². The van der Waals surface area contributed by atoms with E-state index in [1.54, 1.807) is 13.8 Å². The van der Waals surface area contributed by atoms with E-state index >= 15 is 0 Å². The third-order valence-electron chi connectivity index (χ3n) is 6.86. The van der Waals surface area contributed by atoms with Crippen molar-refractivity contribution in [3.63, 3.8) is 0 Å². The van der Waals surface area contributed by atoms with Crippen LogP contribution in [0.5, 0.6) is 0 Å². The molecule has 0 amide bonds. The van der Waals surface area contributed by atoms with E-state index in [2.05, 4.69) is 73.8 Å². The average Bonchev–Trinajstić information content (AvgIpc) is 2.97. The molecule has 4 aromatic rings. The van der Waals surface area contributed by atoms with E-state index in [1.165, 1.54) is 33.0 Å². The zero-order valence-electron chi connectivity index (χ0n) is 23.4. The third kappa shape index (κ3) is 8.28. The quantitative estimate of drug-likeness (QED) is 0.139. The second-order valence-electron chi connectivity index (χ2n) is 10.4. The lowest BCUT2D eigenvalue weighted by molar-refractivity contribution is -0.141. The van der Waals surface area contributed by atoms with Crippen molar-refractivity contribution in [1.29, 1.82) is 0 Å². The van der Waals surface area contributed by atoms with Gasteiger partial charge >= 0.3 is 11.9 Å². The second kappa shape index (κ2) is 13.6. The Bertz CT molecular complexity index is 1390. The Hall–Kier alpha value is -4.44. The van der Waals surface area contributed by atoms with Gasteiger partial charge in [0.25, 0.3) is 0 Å². The van der Waals surface area contributed by atoms with Crippen LogP contribution in [-0.2, 0) is 58.0 Å². The number of ether oxygens (including phenoxy) is 2. The van der Waals surface area contributed by atoms with Crippen LogP contribution in [0.15, 0.2) is 109 Å². The van der Waals surface area contributed by atoms with E-state index in [4.69, 9.17) is 9.47 Å². The smallest absolute Gasteiger partial charge is 0.333 e. The monoisotopic (exact) mass is 532 g/mol. The van der Waals surface area contributed by atoms with Crippen molar-refractivity contribution >= 4 is 22.7 Å². The van der Waals surface area contributed by atoms with E-state index in [0.717, 1.165) is 36.8 Å². The Labute approximate surface area is 237 Å². The molecule has 204 valence electrons. The molecule has 40 heavy (non-hydrogen) atoms. The molecule has 0 heterocycles. The molecule has 0 bridgehead atoms. The second-order valence-corrected chi connectivity index (χ2v) is 10.4. The van der Waals surface area contributed by atoms with E-state index in [-0.39, 0.29) is 25.2 Å². The summed E-state index contributed by atoms with van der Waals surface area (Å²) in [5, 5.41) is 2.51. The Kier molecular flexibility index (Phi) is 9.69. The minimum Gasteiger partial charge on any atom is -0.457 e. The first kappa shape index (κ1) is 28.6. The Morgan fingerprint density at radius 1 is 0.500 bits per heavy atom. The van der Waals surface area contributed by atoms with Gasteiger partial charge in [-0.25, -0.2) is 9.59 Å². The Morgan fingerprint density at radius 2 is 0.800 bits per heavy atom. The molecular weight excluding hydrogens is 496 g/mol. The maximum Gasteiger partial charge on any atom is 0.333 e. The zero-order valence-corrected chi connectivity index (χ0v) is 23.4. The van der Waals surface area contributed by atoms with Gasteiger partial charge in [-0.05, 0) is 83.7 Å². The largest absolute Gasteiger partial charge is 0.457 e. The molecule has 0 saturated heterocycles. The van der Waals surface area contributed by atoms with Crippen molar-refractivity contribution < 1.29 is 19.1 Å². The van der Waals surface area contributed by atoms with Crippen molar-refractivity contribution in [1.82, 2.24) is 0 Å². The molecule has 0 unspecified atom stereocenters. The molecule has 0 saturated carbocycles. The highest BCUT2D eigenvalue weighted by Crippen LogP contribution is 2.21. The van der Waals surface area contributed by atoms with E-state index in [1.807, 2.05) is 24.3 Å². The summed E-state index contributed by atoms with van der Waals surface area (Å²) < 4.78 is 10.4. The fourth-order valence-corrected chi connectivity index (χ4v) is 4.38. The molecule has 0 fully saturated rings. The summed E-state index contributed by atoms with van der Waals surface area (Å²) in [4.78, 5) is 23.1. The van der Waals surface area contributed by atoms with Gasteiger partial charge in [0.15, 0.2) is 0 Å². The number of carbonyl (C=O) groups is 2. The van der Waals surface area contributed by atoms with Crippen molar-refractivity contribution in [2.45, 2.75) is 52.7 Å². The fraction of sp³-hybridized carbons (Fsp3) is 0.222. The molecule has 0 aliphatic carbocycles. The lowest BCUT2D eigenvalue weighted by atomic mass is 9.97. The molecule has 0 atom stereocenters. The summed E-state index contributed by atoms with van der Waals surface area (Å²) in [6.45, 7) is 11.0. The number of hydrogen-bond donors (Lipinski definition) is 0. The van der Waals surface area contributed by atoms with Crippen LogP contribution in [-0.4, -0.2) is 11.9 Å². The highest BCUT2D eigenvalue weighted by Gasteiger charge is 2.06. The van der Waals surface area contributed by atoms with Crippen molar-refractivity contribution in [2.24, 2.45) is 0 Å². The maximum atomic E-state index is 11.6. The number of carbonyl (C=O) groups excluding carboxylic acids is 2. The van der Waals surface area contributed by atoms with Gasteiger partial charge in [0.1, 0.15) is 13.2 Å². The molecule has 4 heteroatoms. The summed E-state index contributed by atoms with van der Waals surface area (Å²) >= 11 is 0. The van der Waals surface area contributed by atoms with Gasteiger partial charge in [-0.2, -0.15) is 0 Å². The van der Waals surface area contributed by atoms with E-state index in [0.29, 0.717) is 11.1 Å². The zero-order chi connectivity index (χ0) is 28.5. The number of aryl methyl sites for hydroxylation is 4. The average molecular weight is 533 g/mol. The standard InChI is InChI=1S/C36H36O4/c1-25(2)35(37)39-23-31-13-7-27(8-14-31)5-11-29-17-19-34-22-30(18-20-33(34)21-29)12-6-28-9-15-32(16-10-28)24-40-36(38)26(3)4/h7-10,13-22H,1,3,5-6,11-12,23-24H2,2,4H3. The molecular formula is C36H36O4. The summed E-state index contributed by atoms with van der Waals surface area (Å²) in [5.41, 5.74) is 7.90. The number of fused-ring (bicyclic) bond motifs is 1. The molecule has 0 aliphatic rings. The first-order valence-electron chi connectivity index (χ1n) is 13.6. The van der Waals surface area contributed by atoms with Crippen molar-refractivity contribution in [3.05, 3.63) is 143 Å². The molecule has 0 aromatic heterocycles. The fourth-order valence-electron chi connectivity index (χ4n) is 4.38. The van der Waals surface area contributed by atoms with Crippen LogP contribution in [0.3, 0.4) is 0 Å². The van der Waals surface area contributed by atoms with Gasteiger partial charge in [-0.3, -0.25) is 0 Å². The molecule has 0 spiro atoms. The minimum absolute atomic E-state index is 0.264. The molecule has 0 aliphatic heterocycles. The van der Waals surface area contributed by atoms with Gasteiger partial charge in [-0.15, -0.1) is 0 Å². The lowest BCUT2D eigenvalue weighted by Crippen LogP contribution is -2.04. The Balaban J connectivity index is 1.27. The first-order chi connectivity index (χ1) is 19.3. The normalized spacial score (nSPS) is 10.8. The summed E-state index contributed by atoms with van der Waals surface area (Å²) in [6.07, 6.45) is 3.82. The van der Waals surface area contributed by atoms with Gasteiger partial charge in [-0.1, -0.05) is 98.1 Å². The van der Waals surface area contributed by atoms with E-state index < -0.39 is 0 Å². The summed E-state index contributed by atoms with van der Waals surface area (Å²) in [7, 11) is 0. The molecule has 4 aromatic carbocycles. The lowest BCUT2D eigenvalue weighted by Gasteiger charge is -2.09. The minimum atomic E-state index is -0.362. The predicted molar refractivity (Wildman–Crippen MR) is 161 cm³/mol. The van der Waals surface area contributed by atoms with Crippen LogP contribution >= 0.6 is 0 Å². The summed E-state index contributed by atoms with van der Waals surface area (Å²) in [5.74, 6) is -0.724. The van der Waals surface area contributed by atoms with Gasteiger partial charge < -0.3 is 9.47 Å². The Morgan fingerprint density at radius 3 is 1.15 bits per heavy atom. The number of hydrogen-bond acceptors (Lipinski definition) is 4. The van der Waals surface area contributed by atoms with Crippen LogP contribution in [0.4, 0.5) is 0 Å². The molecule has 0 N–H and O–H groups in total. The van der Waals surface area contributed by atoms with Crippen LogP contribution in [0.2, 0.25) is 0 Å². The number of rotatable bonds is 12. The van der Waals surface area contributed by atoms with Crippen molar-refractivity contribution in [2.75, 3.05) is 0 Å². The van der Waals surface area contributed by atoms with Crippen LogP contribution < -0.4 is 0 Å². The maximum absolute atomic E-state index is 11.6. The SMILES string of the molecule is C=C(C)C(=O)OCc1ccc(CCc2ccc3cc(CCc4ccc(COC(=O)C(=C)C)cc4)ccc3c2)cc1. The molecule has 4 rings (SSSR count). The van der Waals surface area contributed by atoms with Crippen LogP contribution in [0.25, 0.3) is 10.8 Å². The van der Waals surface area contributed by atoms with Crippen molar-refractivity contribution in [3.8, 4) is 0 Å². The van der Waals surface area contributed by atoms with Gasteiger partial charge in [0.05, 0.1) is 0 Å². The predicted octanol–water partition coefficient (Wildman–Crippen LogP) is 7.65. The van der Waals surface area contributed by atoms with Crippen LogP contribution in [0.1, 0.15) is 47.2 Å². The third-order valence-corrected chi connectivity index (χ3v) is 6.86. The van der Waals surface area contributed by atoms with Crippen LogP contribution in [0, 0.1) is 0 Å². The van der Waals surface area contributed by atoms with Gasteiger partial charge in [0.2, 0.25) is 0 Å². The highest BCUT2D eigenvalue weighted by atomic mass is 16.5. The molecule has 4 nitrogen and oxygen atoms in total. The highest BCUT2D eigenvalue weighted by molar-refractivity contribution is 5.87. The topological polar surface area (TPSA) is 52.6 Å². The number of benzene rings is 4. The molecule has 0 radical (unpaired) electrons. The number of esters is 2. The summed E-state index contributed by atoms with van der Waals surface area (Å²) in [6, 6.07) is 29.9.